The Bertz CT molecular complexity index is 472. The molecule has 0 heterocycles. The van der Waals surface area contributed by atoms with E-state index in [1.165, 1.54) is 96.3 Å². The number of carboxylic acids is 1. The zero-order valence-electron chi connectivity index (χ0n) is 22.0. The lowest BCUT2D eigenvalue weighted by atomic mass is 9.98. The minimum atomic E-state index is -0.933. The van der Waals surface area contributed by atoms with Gasteiger partial charge in [0.25, 0.3) is 0 Å². The average Bonchev–Trinajstić information content (AvgIpc) is 2.80. The molecule has 0 bridgehead atoms. The van der Waals surface area contributed by atoms with Crippen LogP contribution in [0.1, 0.15) is 149 Å². The number of carbonyl (C=O) groups excluding carboxylic acids is 1. The Hall–Kier alpha value is -1.32. The number of allylic oxidation sites excluding steroid dienone is 2. The minimum Gasteiger partial charge on any atom is -0.481 e. The summed E-state index contributed by atoms with van der Waals surface area (Å²) in [6, 6.07) is 0. The third-order valence-corrected chi connectivity index (χ3v) is 6.27. The van der Waals surface area contributed by atoms with Gasteiger partial charge < -0.3 is 9.84 Å². The van der Waals surface area contributed by atoms with E-state index in [2.05, 4.69) is 19.1 Å². The summed E-state index contributed by atoms with van der Waals surface area (Å²) in [6.45, 7) is 4.58. The van der Waals surface area contributed by atoms with Crippen LogP contribution in [0.3, 0.4) is 0 Å². The van der Waals surface area contributed by atoms with Gasteiger partial charge >= 0.3 is 11.9 Å². The van der Waals surface area contributed by atoms with Crippen LogP contribution in [0.4, 0.5) is 0 Å². The summed E-state index contributed by atoms with van der Waals surface area (Å²) in [5, 5.41) is 9.00. The van der Waals surface area contributed by atoms with Crippen LogP contribution in [0.25, 0.3) is 0 Å². The first-order chi connectivity index (χ1) is 16.1. The van der Waals surface area contributed by atoms with Crippen LogP contribution in [0, 0.1) is 5.92 Å². The van der Waals surface area contributed by atoms with Gasteiger partial charge in [-0.15, -0.1) is 0 Å². The summed E-state index contributed by atoms with van der Waals surface area (Å²) in [4.78, 5) is 22.9. The maximum atomic E-state index is 12.0. The summed E-state index contributed by atoms with van der Waals surface area (Å²) in [6.07, 6.45) is 29.3. The summed E-state index contributed by atoms with van der Waals surface area (Å²) < 4.78 is 5.13. The fourth-order valence-corrected chi connectivity index (χ4v) is 4.19. The summed E-state index contributed by atoms with van der Waals surface area (Å²) in [5.41, 5.74) is 0. The van der Waals surface area contributed by atoms with Gasteiger partial charge in [-0.1, -0.05) is 116 Å². The molecule has 0 aromatic heterocycles. The number of carboxylic acid groups (broad SMARTS) is 1. The Labute approximate surface area is 204 Å². The highest BCUT2D eigenvalue weighted by Crippen LogP contribution is 2.16. The quantitative estimate of drug-likeness (QED) is 0.0828. The third-order valence-electron chi connectivity index (χ3n) is 6.27. The van der Waals surface area contributed by atoms with Gasteiger partial charge in [0, 0.05) is 0 Å². The molecule has 0 aliphatic heterocycles. The van der Waals surface area contributed by atoms with Crippen molar-refractivity contribution in [2.24, 2.45) is 5.92 Å². The zero-order valence-corrected chi connectivity index (χ0v) is 22.0. The smallest absolute Gasteiger partial charge is 0.309 e. The first kappa shape index (κ1) is 31.7. The molecule has 0 aliphatic rings. The fraction of sp³-hybridized carbons (Fsp3) is 0.862. The van der Waals surface area contributed by atoms with Crippen molar-refractivity contribution >= 4 is 11.9 Å². The van der Waals surface area contributed by atoms with E-state index >= 15 is 0 Å². The Morgan fingerprint density at radius 3 is 1.58 bits per heavy atom. The molecule has 0 spiro atoms. The van der Waals surface area contributed by atoms with Crippen LogP contribution < -0.4 is 0 Å². The molecule has 0 saturated heterocycles. The molecule has 0 aromatic rings. The summed E-state index contributed by atoms with van der Waals surface area (Å²) >= 11 is 0. The second-order valence-electron chi connectivity index (χ2n) is 9.60. The van der Waals surface area contributed by atoms with Gasteiger partial charge in [-0.2, -0.15) is 0 Å². The van der Waals surface area contributed by atoms with E-state index in [-0.39, 0.29) is 12.4 Å². The number of rotatable bonds is 25. The molecule has 1 atom stereocenters. The molecular weight excluding hydrogens is 412 g/mol. The summed E-state index contributed by atoms with van der Waals surface area (Å²) in [7, 11) is 0. The van der Waals surface area contributed by atoms with Gasteiger partial charge in [0.05, 0.1) is 18.9 Å². The molecule has 194 valence electrons. The van der Waals surface area contributed by atoms with E-state index in [0.29, 0.717) is 13.0 Å². The number of carbonyl (C=O) groups is 2. The second-order valence-corrected chi connectivity index (χ2v) is 9.60. The molecule has 1 N–H and O–H groups in total. The van der Waals surface area contributed by atoms with Gasteiger partial charge in [0.2, 0.25) is 0 Å². The highest BCUT2D eigenvalue weighted by atomic mass is 16.5. The monoisotopic (exact) mass is 466 g/mol. The molecule has 0 rings (SSSR count). The van der Waals surface area contributed by atoms with Gasteiger partial charge in [-0.05, 0) is 38.5 Å². The van der Waals surface area contributed by atoms with Crippen molar-refractivity contribution in [3.63, 3.8) is 0 Å². The van der Waals surface area contributed by atoms with Crippen LogP contribution in [-0.4, -0.2) is 23.7 Å². The van der Waals surface area contributed by atoms with Gasteiger partial charge in [0.15, 0.2) is 0 Å². The fourth-order valence-electron chi connectivity index (χ4n) is 4.19. The first-order valence-electron chi connectivity index (χ1n) is 14.1. The molecule has 0 radical (unpaired) electrons. The van der Waals surface area contributed by atoms with Crippen LogP contribution in [-0.2, 0) is 14.3 Å². The highest BCUT2D eigenvalue weighted by molar-refractivity contribution is 5.79. The molecular formula is C29H54O4. The first-order valence-corrected chi connectivity index (χ1v) is 14.1. The van der Waals surface area contributed by atoms with Crippen molar-refractivity contribution in [1.82, 2.24) is 0 Å². The number of ether oxygens (including phenoxy) is 1. The predicted molar refractivity (Wildman–Crippen MR) is 140 cm³/mol. The van der Waals surface area contributed by atoms with Crippen LogP contribution in [0.15, 0.2) is 12.2 Å². The number of esters is 1. The van der Waals surface area contributed by atoms with E-state index in [0.717, 1.165) is 25.7 Å². The average molecular weight is 467 g/mol. The van der Waals surface area contributed by atoms with Crippen LogP contribution in [0.5, 0.6) is 0 Å². The Kier molecular flexibility index (Phi) is 24.3. The van der Waals surface area contributed by atoms with Gasteiger partial charge in [-0.25, -0.2) is 0 Å². The molecule has 33 heavy (non-hydrogen) atoms. The van der Waals surface area contributed by atoms with Crippen molar-refractivity contribution in [3.05, 3.63) is 12.2 Å². The number of hydrogen-bond donors (Lipinski definition) is 1. The topological polar surface area (TPSA) is 63.6 Å². The van der Waals surface area contributed by atoms with Crippen molar-refractivity contribution in [2.75, 3.05) is 6.61 Å². The lowest BCUT2D eigenvalue weighted by molar-refractivity contribution is -0.153. The Morgan fingerprint density at radius 2 is 1.12 bits per heavy atom. The maximum Gasteiger partial charge on any atom is 0.309 e. The van der Waals surface area contributed by atoms with E-state index in [1.807, 2.05) is 6.92 Å². The Morgan fingerprint density at radius 1 is 0.667 bits per heavy atom. The molecule has 0 fully saturated rings. The van der Waals surface area contributed by atoms with Crippen molar-refractivity contribution < 1.29 is 19.4 Å². The largest absolute Gasteiger partial charge is 0.481 e. The molecule has 4 nitrogen and oxygen atoms in total. The molecule has 0 aliphatic carbocycles. The number of aliphatic carboxylic acids is 1. The SMILES string of the molecule is CCCCCCCCCCCCCCCCC/C=C/CCCC(CC(=O)O)C(=O)OCCC. The van der Waals surface area contributed by atoms with Gasteiger partial charge in [0.1, 0.15) is 0 Å². The molecule has 1 unspecified atom stereocenters. The van der Waals surface area contributed by atoms with Crippen LogP contribution >= 0.6 is 0 Å². The lowest BCUT2D eigenvalue weighted by Crippen LogP contribution is -2.21. The Balaban J connectivity index is 3.48. The van der Waals surface area contributed by atoms with Crippen LogP contribution in [0.2, 0.25) is 0 Å². The zero-order chi connectivity index (χ0) is 24.4. The number of hydrogen-bond acceptors (Lipinski definition) is 3. The van der Waals surface area contributed by atoms with Gasteiger partial charge in [-0.3, -0.25) is 9.59 Å². The molecule has 0 aromatic carbocycles. The molecule has 0 saturated carbocycles. The third kappa shape index (κ3) is 23.6. The second kappa shape index (κ2) is 25.3. The highest BCUT2D eigenvalue weighted by Gasteiger charge is 2.22. The van der Waals surface area contributed by atoms with E-state index in [9.17, 15) is 9.59 Å². The lowest BCUT2D eigenvalue weighted by Gasteiger charge is -2.13. The van der Waals surface area contributed by atoms with E-state index in [4.69, 9.17) is 9.84 Å². The van der Waals surface area contributed by atoms with Crippen molar-refractivity contribution in [1.29, 1.82) is 0 Å². The molecule has 0 amide bonds. The maximum absolute atomic E-state index is 12.0. The van der Waals surface area contributed by atoms with Crippen molar-refractivity contribution in [3.8, 4) is 0 Å². The minimum absolute atomic E-state index is 0.134. The van der Waals surface area contributed by atoms with E-state index < -0.39 is 11.9 Å². The number of unbranched alkanes of at least 4 members (excludes halogenated alkanes) is 16. The van der Waals surface area contributed by atoms with E-state index in [1.54, 1.807) is 0 Å². The standard InChI is InChI=1S/C29H54O4/c1-3-5-6-7-8-9-10-11-12-13-14-15-16-17-18-19-20-21-22-23-24-27(26-28(30)31)29(32)33-25-4-2/h20-21,27H,3-19,22-26H2,1-2H3,(H,30,31)/b21-20+. The summed E-state index contributed by atoms with van der Waals surface area (Å²) in [5.74, 6) is -1.81. The normalized spacial score (nSPS) is 12.3. The van der Waals surface area contributed by atoms with Crippen molar-refractivity contribution in [2.45, 2.75) is 149 Å². The predicted octanol–water partition coefficient (Wildman–Crippen LogP) is 9.02. The molecule has 4 heteroatoms.